The van der Waals surface area contributed by atoms with E-state index in [4.69, 9.17) is 16.9 Å². The van der Waals surface area contributed by atoms with Crippen molar-refractivity contribution in [3.05, 3.63) is 107 Å². The Labute approximate surface area is 211 Å². The molecule has 2 aliphatic rings. The number of nitrogen functional groups attached to an aromatic ring is 1. The second kappa shape index (κ2) is 9.59. The lowest BCUT2D eigenvalue weighted by molar-refractivity contribution is -0.142. The molecule has 7 heteroatoms. The van der Waals surface area contributed by atoms with Crippen molar-refractivity contribution < 1.29 is 9.59 Å². The molecule has 1 aliphatic heterocycles. The van der Waals surface area contributed by atoms with Crippen molar-refractivity contribution in [2.24, 2.45) is 17.4 Å². The van der Waals surface area contributed by atoms with Crippen LogP contribution in [-0.2, 0) is 16.1 Å². The Morgan fingerprint density at radius 1 is 0.972 bits per heavy atom. The van der Waals surface area contributed by atoms with E-state index in [1.165, 1.54) is 0 Å². The molecule has 2 amide bonds. The van der Waals surface area contributed by atoms with Gasteiger partial charge in [-0.2, -0.15) is 0 Å². The van der Waals surface area contributed by atoms with E-state index in [1.54, 1.807) is 17.0 Å². The van der Waals surface area contributed by atoms with E-state index in [0.717, 1.165) is 23.1 Å². The fourth-order valence-electron chi connectivity index (χ4n) is 5.57. The van der Waals surface area contributed by atoms with Gasteiger partial charge in [0.15, 0.2) is 0 Å². The number of benzene rings is 3. The Morgan fingerprint density at radius 2 is 1.56 bits per heavy atom. The van der Waals surface area contributed by atoms with Crippen LogP contribution in [0.25, 0.3) is 0 Å². The number of carbonyl (C=O) groups is 2. The van der Waals surface area contributed by atoms with Gasteiger partial charge in [0.05, 0.1) is 6.04 Å². The van der Waals surface area contributed by atoms with Crippen molar-refractivity contribution in [2.75, 3.05) is 6.54 Å². The minimum absolute atomic E-state index is 0.00561. The number of fused-ring (bicyclic) bond motifs is 1. The van der Waals surface area contributed by atoms with Gasteiger partial charge < -0.3 is 21.7 Å². The highest BCUT2D eigenvalue weighted by Gasteiger charge is 2.68. The standard InChI is InChI=1S/C29H31N5O2/c30-25(24(20-7-3-1-4-8-20)21-9-5-2-6-10-21)27(35)34-16-15-23-17-29(23,34)28(36)33-18-19-11-13-22(14-12-19)26(31)32/h1-14,23-25H,15-18,30H2,(H3,31,32)(H,33,36)/t23-,25-,29+/m1/s1. The molecular formula is C29H31N5O2. The highest BCUT2D eigenvalue weighted by Crippen LogP contribution is 2.56. The third kappa shape index (κ3) is 4.27. The summed E-state index contributed by atoms with van der Waals surface area (Å²) in [7, 11) is 0. The van der Waals surface area contributed by atoms with E-state index in [1.807, 2.05) is 72.8 Å². The molecule has 184 valence electrons. The van der Waals surface area contributed by atoms with Gasteiger partial charge in [-0.25, -0.2) is 0 Å². The van der Waals surface area contributed by atoms with E-state index in [9.17, 15) is 9.59 Å². The Hall–Kier alpha value is -3.97. The molecular weight excluding hydrogens is 450 g/mol. The monoisotopic (exact) mass is 481 g/mol. The highest BCUT2D eigenvalue weighted by molar-refractivity contribution is 5.97. The van der Waals surface area contributed by atoms with Crippen LogP contribution in [0.1, 0.15) is 41.0 Å². The Bertz CT molecular complexity index is 1220. The molecule has 3 atom stereocenters. The normalized spacial score (nSPS) is 21.1. The van der Waals surface area contributed by atoms with Crippen molar-refractivity contribution in [1.29, 1.82) is 5.41 Å². The molecule has 6 N–H and O–H groups in total. The number of amides is 2. The number of likely N-dealkylation sites (tertiary alicyclic amines) is 1. The Balaban J connectivity index is 1.33. The highest BCUT2D eigenvalue weighted by atomic mass is 16.2. The summed E-state index contributed by atoms with van der Waals surface area (Å²) < 4.78 is 0. The zero-order valence-corrected chi connectivity index (χ0v) is 20.1. The first-order valence-electron chi connectivity index (χ1n) is 12.3. The van der Waals surface area contributed by atoms with Gasteiger partial charge in [-0.3, -0.25) is 15.0 Å². The van der Waals surface area contributed by atoms with Crippen LogP contribution in [0.2, 0.25) is 0 Å². The number of piperidine rings is 1. The van der Waals surface area contributed by atoms with Gasteiger partial charge in [0.1, 0.15) is 11.4 Å². The molecule has 36 heavy (non-hydrogen) atoms. The average Bonchev–Trinajstić information content (AvgIpc) is 3.53. The van der Waals surface area contributed by atoms with Gasteiger partial charge in [-0.1, -0.05) is 84.9 Å². The number of nitrogens with zero attached hydrogens (tertiary/aromatic N) is 1. The van der Waals surface area contributed by atoms with Gasteiger partial charge in [-0.05, 0) is 35.4 Å². The Morgan fingerprint density at radius 3 is 2.08 bits per heavy atom. The fourth-order valence-corrected chi connectivity index (χ4v) is 5.57. The van der Waals surface area contributed by atoms with Gasteiger partial charge in [-0.15, -0.1) is 0 Å². The first-order chi connectivity index (χ1) is 17.4. The van der Waals surface area contributed by atoms with Crippen molar-refractivity contribution in [3.8, 4) is 0 Å². The predicted molar refractivity (Wildman–Crippen MR) is 139 cm³/mol. The lowest BCUT2D eigenvalue weighted by atomic mass is 9.84. The van der Waals surface area contributed by atoms with Crippen LogP contribution in [0.5, 0.6) is 0 Å². The molecule has 1 saturated carbocycles. The maximum atomic E-state index is 13.8. The molecule has 0 radical (unpaired) electrons. The lowest BCUT2D eigenvalue weighted by Gasteiger charge is -2.33. The number of hydrogen-bond donors (Lipinski definition) is 4. The number of nitrogens with two attached hydrogens (primary N) is 2. The zero-order chi connectivity index (χ0) is 25.3. The topological polar surface area (TPSA) is 125 Å². The molecule has 0 unspecified atom stereocenters. The average molecular weight is 482 g/mol. The first kappa shape index (κ1) is 23.8. The third-order valence-corrected chi connectivity index (χ3v) is 7.59. The summed E-state index contributed by atoms with van der Waals surface area (Å²) in [6.45, 7) is 0.879. The van der Waals surface area contributed by atoms with Crippen LogP contribution in [0.15, 0.2) is 84.9 Å². The molecule has 2 fully saturated rings. The number of nitrogens with one attached hydrogen (secondary N) is 2. The molecule has 0 spiro atoms. The van der Waals surface area contributed by atoms with Crippen LogP contribution in [0.3, 0.4) is 0 Å². The molecule has 1 aliphatic carbocycles. The maximum Gasteiger partial charge on any atom is 0.246 e. The molecule has 3 aromatic carbocycles. The van der Waals surface area contributed by atoms with Crippen LogP contribution in [0.4, 0.5) is 0 Å². The summed E-state index contributed by atoms with van der Waals surface area (Å²) in [5, 5.41) is 10.5. The van der Waals surface area contributed by atoms with E-state index in [-0.39, 0.29) is 29.5 Å². The summed E-state index contributed by atoms with van der Waals surface area (Å²) in [4.78, 5) is 29.0. The SMILES string of the molecule is N=C(N)c1ccc(CNC(=O)[C@]23C[C@H]2CCN3C(=O)[C@H](N)C(c2ccccc2)c2ccccc2)cc1. The van der Waals surface area contributed by atoms with Gasteiger partial charge in [0.2, 0.25) is 11.8 Å². The summed E-state index contributed by atoms with van der Waals surface area (Å²) in [6.07, 6.45) is 1.47. The molecule has 3 aromatic rings. The molecule has 7 nitrogen and oxygen atoms in total. The smallest absolute Gasteiger partial charge is 0.246 e. The van der Waals surface area contributed by atoms with Crippen LogP contribution >= 0.6 is 0 Å². The van der Waals surface area contributed by atoms with Crippen LogP contribution in [0, 0.1) is 11.3 Å². The number of carbonyl (C=O) groups excluding carboxylic acids is 2. The predicted octanol–water partition coefficient (Wildman–Crippen LogP) is 2.74. The van der Waals surface area contributed by atoms with Crippen molar-refractivity contribution >= 4 is 17.6 Å². The number of rotatable bonds is 8. The summed E-state index contributed by atoms with van der Waals surface area (Å²) >= 11 is 0. The second-order valence-electron chi connectivity index (χ2n) is 9.72. The fraction of sp³-hybridized carbons (Fsp3) is 0.276. The van der Waals surface area contributed by atoms with Crippen molar-refractivity contribution in [3.63, 3.8) is 0 Å². The van der Waals surface area contributed by atoms with E-state index in [0.29, 0.717) is 25.1 Å². The molecule has 1 saturated heterocycles. The van der Waals surface area contributed by atoms with Crippen molar-refractivity contribution in [2.45, 2.75) is 36.9 Å². The number of amidine groups is 1. The maximum absolute atomic E-state index is 13.8. The number of hydrogen-bond acceptors (Lipinski definition) is 4. The molecule has 1 heterocycles. The van der Waals surface area contributed by atoms with Gasteiger partial charge in [0, 0.05) is 24.6 Å². The van der Waals surface area contributed by atoms with E-state index in [2.05, 4.69) is 5.32 Å². The van der Waals surface area contributed by atoms with Crippen LogP contribution in [-0.4, -0.2) is 40.7 Å². The summed E-state index contributed by atoms with van der Waals surface area (Å²) in [6, 6.07) is 26.1. The second-order valence-corrected chi connectivity index (χ2v) is 9.72. The van der Waals surface area contributed by atoms with Gasteiger partial charge >= 0.3 is 0 Å². The largest absolute Gasteiger partial charge is 0.384 e. The third-order valence-electron chi connectivity index (χ3n) is 7.59. The van der Waals surface area contributed by atoms with Crippen molar-refractivity contribution in [1.82, 2.24) is 10.2 Å². The zero-order valence-electron chi connectivity index (χ0n) is 20.1. The quantitative estimate of drug-likeness (QED) is 0.292. The minimum Gasteiger partial charge on any atom is -0.384 e. The van der Waals surface area contributed by atoms with Gasteiger partial charge in [0.25, 0.3) is 0 Å². The first-order valence-corrected chi connectivity index (χ1v) is 12.3. The minimum atomic E-state index is -0.814. The molecule has 0 aromatic heterocycles. The van der Waals surface area contributed by atoms with Crippen LogP contribution < -0.4 is 16.8 Å². The lowest BCUT2D eigenvalue weighted by Crippen LogP contribution is -2.55. The summed E-state index contributed by atoms with van der Waals surface area (Å²) in [5.41, 5.74) is 14.9. The van der Waals surface area contributed by atoms with E-state index >= 15 is 0 Å². The van der Waals surface area contributed by atoms with E-state index < -0.39 is 11.6 Å². The Kier molecular flexibility index (Phi) is 6.33. The molecule has 5 rings (SSSR count). The molecule has 0 bridgehead atoms. The summed E-state index contributed by atoms with van der Waals surface area (Å²) in [5.74, 6) is -0.449.